The number of nitrogens with one attached hydrogen (secondary N) is 1. The molecular weight excluding hydrogens is 424 g/mol. The minimum absolute atomic E-state index is 0.144. The number of carbonyl (C=O) groups excluding carboxylic acids is 2. The maximum atomic E-state index is 13.2. The van der Waals surface area contributed by atoms with E-state index in [1.807, 2.05) is 30.3 Å². The number of aromatic nitrogens is 3. The summed E-state index contributed by atoms with van der Waals surface area (Å²) in [5.74, 6) is -1.32. The Morgan fingerprint density at radius 1 is 0.970 bits per heavy atom. The number of hydrogen-bond acceptors (Lipinski definition) is 5. The summed E-state index contributed by atoms with van der Waals surface area (Å²) in [6.07, 6.45) is 3.61. The van der Waals surface area contributed by atoms with Crippen molar-refractivity contribution in [2.75, 3.05) is 12.0 Å². The van der Waals surface area contributed by atoms with Gasteiger partial charge in [0.1, 0.15) is 5.75 Å². The van der Waals surface area contributed by atoms with Crippen LogP contribution in [0.1, 0.15) is 18.0 Å². The highest BCUT2D eigenvalue weighted by Gasteiger charge is 2.49. The van der Waals surface area contributed by atoms with Gasteiger partial charge in [-0.3, -0.25) is 9.59 Å². The zero-order valence-corrected chi connectivity index (χ0v) is 17.9. The lowest BCUT2D eigenvalue weighted by Gasteiger charge is -2.23. The van der Waals surface area contributed by atoms with Crippen molar-refractivity contribution in [3.05, 3.63) is 93.3 Å². The maximum Gasteiger partial charge on any atom is 0.347 e. The molecule has 9 nitrogen and oxygen atoms in total. The monoisotopic (exact) mass is 446 g/mol. The largest absolute Gasteiger partial charge is 0.497 e. The standard InChI is InChI=1S/C24H22N4O5/c1-33-18-9-5-8-16(12-18)27-21(29)19-11-10-17(13-20(19)22(27)30)28-24(32)26(23(31)25-28)14-15-6-3-2-4-7-15/h2-12,17,19-20H,13-14H2,1H3,(H,25,31)/t17-,19+,20+/m1/s1. The average molecular weight is 446 g/mol. The molecule has 0 unspecified atom stereocenters. The first-order valence-corrected chi connectivity index (χ1v) is 10.6. The van der Waals surface area contributed by atoms with E-state index in [9.17, 15) is 19.2 Å². The van der Waals surface area contributed by atoms with Crippen LogP contribution in [0.5, 0.6) is 5.75 Å². The van der Waals surface area contributed by atoms with E-state index in [-0.39, 0.29) is 24.8 Å². The van der Waals surface area contributed by atoms with E-state index in [0.717, 1.165) is 10.1 Å². The van der Waals surface area contributed by atoms with Crippen LogP contribution in [0.2, 0.25) is 0 Å². The molecular formula is C24H22N4O5. The Morgan fingerprint density at radius 2 is 1.76 bits per heavy atom. The molecule has 1 aliphatic carbocycles. The fourth-order valence-corrected chi connectivity index (χ4v) is 4.55. The van der Waals surface area contributed by atoms with Gasteiger partial charge in [0.15, 0.2) is 0 Å². The molecule has 1 aliphatic heterocycles. The Labute approximate surface area is 188 Å². The topological polar surface area (TPSA) is 106 Å². The molecule has 2 aromatic carbocycles. The molecule has 1 aromatic heterocycles. The van der Waals surface area contributed by atoms with Crippen LogP contribution in [0.3, 0.4) is 0 Å². The van der Waals surface area contributed by atoms with Crippen LogP contribution >= 0.6 is 0 Å². The van der Waals surface area contributed by atoms with Gasteiger partial charge >= 0.3 is 11.4 Å². The molecule has 0 saturated carbocycles. The molecule has 1 saturated heterocycles. The van der Waals surface area contributed by atoms with Crippen LogP contribution in [0.15, 0.2) is 76.3 Å². The Kier molecular flexibility index (Phi) is 5.08. The molecule has 5 rings (SSSR count). The van der Waals surface area contributed by atoms with Gasteiger partial charge < -0.3 is 4.74 Å². The normalized spacial score (nSPS) is 22.0. The van der Waals surface area contributed by atoms with Gasteiger partial charge in [0.25, 0.3) is 0 Å². The number of allylic oxidation sites excluding steroid dienone is 1. The predicted octanol–water partition coefficient (Wildman–Crippen LogP) is 1.70. The van der Waals surface area contributed by atoms with Crippen LogP contribution < -0.4 is 21.0 Å². The Bertz CT molecular complexity index is 1370. The van der Waals surface area contributed by atoms with E-state index >= 15 is 0 Å². The molecule has 2 amide bonds. The first-order chi connectivity index (χ1) is 16.0. The van der Waals surface area contributed by atoms with E-state index in [4.69, 9.17) is 4.74 Å². The van der Waals surface area contributed by atoms with Crippen LogP contribution in [0, 0.1) is 11.8 Å². The number of benzene rings is 2. The number of H-pyrrole nitrogens is 1. The van der Waals surface area contributed by atoms with Gasteiger partial charge in [-0.15, -0.1) is 0 Å². The number of methoxy groups -OCH3 is 1. The van der Waals surface area contributed by atoms with Crippen LogP contribution in [0.4, 0.5) is 5.69 Å². The van der Waals surface area contributed by atoms with Crippen molar-refractivity contribution in [1.82, 2.24) is 14.3 Å². The number of imide groups is 1. The van der Waals surface area contributed by atoms with Crippen molar-refractivity contribution in [2.45, 2.75) is 19.0 Å². The summed E-state index contributed by atoms with van der Waals surface area (Å²) in [7, 11) is 1.52. The van der Waals surface area contributed by atoms with Crippen molar-refractivity contribution in [3.63, 3.8) is 0 Å². The first-order valence-electron chi connectivity index (χ1n) is 10.6. The predicted molar refractivity (Wildman–Crippen MR) is 120 cm³/mol. The Balaban J connectivity index is 1.42. The number of carbonyl (C=O) groups is 2. The highest BCUT2D eigenvalue weighted by molar-refractivity contribution is 6.22. The molecule has 1 N–H and O–H groups in total. The number of aromatic amines is 1. The number of hydrogen-bond donors (Lipinski definition) is 1. The molecule has 1 fully saturated rings. The molecule has 33 heavy (non-hydrogen) atoms. The number of rotatable bonds is 5. The van der Waals surface area contributed by atoms with Gasteiger partial charge in [0.05, 0.1) is 37.2 Å². The van der Waals surface area contributed by atoms with Crippen LogP contribution in [-0.4, -0.2) is 33.3 Å². The average Bonchev–Trinajstić information content (AvgIpc) is 3.26. The van der Waals surface area contributed by atoms with Crippen molar-refractivity contribution in [1.29, 1.82) is 0 Å². The van der Waals surface area contributed by atoms with E-state index in [1.165, 1.54) is 16.7 Å². The second-order valence-corrected chi connectivity index (χ2v) is 8.17. The third-order valence-electron chi connectivity index (χ3n) is 6.24. The molecule has 0 bridgehead atoms. The van der Waals surface area contributed by atoms with Crippen molar-refractivity contribution in [3.8, 4) is 5.75 Å². The molecule has 3 atom stereocenters. The molecule has 0 spiro atoms. The van der Waals surface area contributed by atoms with Gasteiger partial charge in [-0.05, 0) is 24.1 Å². The van der Waals surface area contributed by atoms with Gasteiger partial charge in [-0.2, -0.15) is 0 Å². The minimum Gasteiger partial charge on any atom is -0.497 e. The molecule has 2 heterocycles. The van der Waals surface area contributed by atoms with Crippen molar-refractivity contribution < 1.29 is 14.3 Å². The summed E-state index contributed by atoms with van der Waals surface area (Å²) in [6.45, 7) is 0.144. The zero-order chi connectivity index (χ0) is 23.1. The fourth-order valence-electron chi connectivity index (χ4n) is 4.55. The summed E-state index contributed by atoms with van der Waals surface area (Å²) < 4.78 is 7.57. The molecule has 3 aromatic rings. The summed E-state index contributed by atoms with van der Waals surface area (Å²) in [5.41, 5.74) is 0.264. The molecule has 9 heteroatoms. The summed E-state index contributed by atoms with van der Waals surface area (Å²) in [6, 6.07) is 15.5. The van der Waals surface area contributed by atoms with Crippen LogP contribution in [0.25, 0.3) is 0 Å². The number of amides is 2. The summed E-state index contributed by atoms with van der Waals surface area (Å²) in [4.78, 5) is 52.8. The smallest absolute Gasteiger partial charge is 0.347 e. The first kappa shape index (κ1) is 20.7. The quantitative estimate of drug-likeness (QED) is 0.474. The third-order valence-corrected chi connectivity index (χ3v) is 6.24. The Morgan fingerprint density at radius 3 is 2.52 bits per heavy atom. The van der Waals surface area contributed by atoms with Crippen LogP contribution in [-0.2, 0) is 16.1 Å². The van der Waals surface area contributed by atoms with E-state index < -0.39 is 29.3 Å². The lowest BCUT2D eigenvalue weighted by molar-refractivity contribution is -0.122. The van der Waals surface area contributed by atoms with Crippen molar-refractivity contribution >= 4 is 17.5 Å². The number of fused-ring (bicyclic) bond motifs is 1. The maximum absolute atomic E-state index is 13.2. The molecule has 2 aliphatic rings. The number of anilines is 1. The second kappa shape index (κ2) is 8.09. The minimum atomic E-state index is -0.619. The highest BCUT2D eigenvalue weighted by Crippen LogP contribution is 2.40. The lowest BCUT2D eigenvalue weighted by Crippen LogP contribution is -2.33. The lowest BCUT2D eigenvalue weighted by atomic mass is 9.84. The van der Waals surface area contributed by atoms with E-state index in [1.54, 1.807) is 36.4 Å². The van der Waals surface area contributed by atoms with E-state index in [2.05, 4.69) is 5.10 Å². The van der Waals surface area contributed by atoms with Crippen molar-refractivity contribution in [2.24, 2.45) is 11.8 Å². The SMILES string of the molecule is COc1cccc(N2C(=O)[C@H]3C=C[C@@H](n4[nH]c(=O)n(Cc5ccccc5)c4=O)C[C@@H]3C2=O)c1. The van der Waals surface area contributed by atoms with Gasteiger partial charge in [-0.1, -0.05) is 48.6 Å². The van der Waals surface area contributed by atoms with Gasteiger partial charge in [0.2, 0.25) is 11.8 Å². The fraction of sp³-hybridized carbons (Fsp3) is 0.250. The van der Waals surface area contributed by atoms with E-state index in [0.29, 0.717) is 11.4 Å². The second-order valence-electron chi connectivity index (χ2n) is 8.17. The number of ether oxygens (including phenoxy) is 1. The third kappa shape index (κ3) is 3.51. The number of nitrogens with zero attached hydrogens (tertiary/aromatic N) is 3. The Hall–Kier alpha value is -4.14. The molecule has 0 radical (unpaired) electrons. The summed E-state index contributed by atoms with van der Waals surface area (Å²) >= 11 is 0. The van der Waals surface area contributed by atoms with Gasteiger partial charge in [-0.25, -0.2) is 28.8 Å². The molecule has 168 valence electrons. The summed E-state index contributed by atoms with van der Waals surface area (Å²) in [5, 5.41) is 2.60. The highest BCUT2D eigenvalue weighted by atomic mass is 16.5. The zero-order valence-electron chi connectivity index (χ0n) is 17.9. The van der Waals surface area contributed by atoms with Gasteiger partial charge in [0, 0.05) is 6.07 Å².